The fourth-order valence-electron chi connectivity index (χ4n) is 1.81. The van der Waals surface area contributed by atoms with E-state index in [1.807, 2.05) is 24.3 Å². The second-order valence-electron chi connectivity index (χ2n) is 4.31. The van der Waals surface area contributed by atoms with Crippen molar-refractivity contribution < 1.29 is 14.6 Å². The van der Waals surface area contributed by atoms with E-state index in [9.17, 15) is 4.79 Å². The summed E-state index contributed by atoms with van der Waals surface area (Å²) < 4.78 is 5.09. The average molecular weight is 272 g/mol. The van der Waals surface area contributed by atoms with Gasteiger partial charge in [0.15, 0.2) is 0 Å². The van der Waals surface area contributed by atoms with Gasteiger partial charge in [-0.2, -0.15) is 0 Å². The summed E-state index contributed by atoms with van der Waals surface area (Å²) in [5.41, 5.74) is 7.92. The molecule has 0 amide bonds. The predicted octanol–water partition coefficient (Wildman–Crippen LogP) is 2.59. The molecular formula is C15H16N2O3. The minimum Gasteiger partial charge on any atom is -0.497 e. The van der Waals surface area contributed by atoms with Crippen LogP contribution in [0, 0.1) is 0 Å². The molecule has 2 rings (SSSR count). The average Bonchev–Trinajstić information content (AvgIpc) is 2.45. The van der Waals surface area contributed by atoms with Crippen LogP contribution < -0.4 is 15.8 Å². The number of anilines is 2. The summed E-state index contributed by atoms with van der Waals surface area (Å²) in [6.07, 6.45) is 0. The zero-order valence-electron chi connectivity index (χ0n) is 11.1. The van der Waals surface area contributed by atoms with Gasteiger partial charge in [0.2, 0.25) is 0 Å². The molecule has 4 N–H and O–H groups in total. The van der Waals surface area contributed by atoms with Gasteiger partial charge in [-0.05, 0) is 35.9 Å². The zero-order chi connectivity index (χ0) is 14.5. The number of carboxylic acids is 1. The van der Waals surface area contributed by atoms with Crippen molar-refractivity contribution in [3.63, 3.8) is 0 Å². The lowest BCUT2D eigenvalue weighted by atomic mass is 10.1. The molecule has 0 aliphatic rings. The van der Waals surface area contributed by atoms with Crippen LogP contribution in [-0.2, 0) is 6.54 Å². The molecule has 0 aliphatic heterocycles. The third-order valence-corrected chi connectivity index (χ3v) is 2.94. The maximum atomic E-state index is 10.9. The molecule has 0 heterocycles. The Labute approximate surface area is 117 Å². The van der Waals surface area contributed by atoms with Crippen LogP contribution in [0.4, 0.5) is 11.4 Å². The normalized spacial score (nSPS) is 10.1. The van der Waals surface area contributed by atoms with Gasteiger partial charge in [0.1, 0.15) is 5.75 Å². The lowest BCUT2D eigenvalue weighted by molar-refractivity contribution is 0.0698. The van der Waals surface area contributed by atoms with E-state index >= 15 is 0 Å². The number of nitrogens with one attached hydrogen (secondary N) is 1. The molecule has 2 aromatic carbocycles. The molecule has 0 aromatic heterocycles. The number of nitrogen functional groups attached to an aromatic ring is 1. The predicted molar refractivity (Wildman–Crippen MR) is 78.1 cm³/mol. The number of hydrogen-bond acceptors (Lipinski definition) is 4. The number of benzene rings is 2. The Kier molecular flexibility index (Phi) is 4.10. The Morgan fingerprint density at radius 1 is 1.25 bits per heavy atom. The van der Waals surface area contributed by atoms with Gasteiger partial charge in [-0.1, -0.05) is 12.1 Å². The van der Waals surface area contributed by atoms with Gasteiger partial charge in [-0.3, -0.25) is 0 Å². The van der Waals surface area contributed by atoms with Crippen LogP contribution in [0.5, 0.6) is 5.75 Å². The van der Waals surface area contributed by atoms with Crippen molar-refractivity contribution in [2.24, 2.45) is 0 Å². The minimum absolute atomic E-state index is 0.111. The van der Waals surface area contributed by atoms with Crippen molar-refractivity contribution in [2.75, 3.05) is 18.2 Å². The molecule has 0 radical (unpaired) electrons. The minimum atomic E-state index is -1.02. The summed E-state index contributed by atoms with van der Waals surface area (Å²) in [5.74, 6) is -0.215. The highest BCUT2D eigenvalue weighted by molar-refractivity contribution is 5.94. The van der Waals surface area contributed by atoms with E-state index in [2.05, 4.69) is 5.32 Å². The van der Waals surface area contributed by atoms with Crippen molar-refractivity contribution in [1.82, 2.24) is 0 Å². The van der Waals surface area contributed by atoms with Crippen LogP contribution in [0.3, 0.4) is 0 Å². The second-order valence-corrected chi connectivity index (χ2v) is 4.31. The highest BCUT2D eigenvalue weighted by atomic mass is 16.5. The van der Waals surface area contributed by atoms with Crippen LogP contribution >= 0.6 is 0 Å². The van der Waals surface area contributed by atoms with E-state index in [-0.39, 0.29) is 11.3 Å². The van der Waals surface area contributed by atoms with Crippen LogP contribution in [0.15, 0.2) is 42.5 Å². The van der Waals surface area contributed by atoms with Crippen LogP contribution in [0.1, 0.15) is 15.9 Å². The molecule has 104 valence electrons. The molecule has 0 atom stereocenters. The fraction of sp³-hybridized carbons (Fsp3) is 0.133. The Morgan fingerprint density at radius 2 is 1.95 bits per heavy atom. The fourth-order valence-corrected chi connectivity index (χ4v) is 1.81. The molecule has 0 bridgehead atoms. The quantitative estimate of drug-likeness (QED) is 0.728. The molecule has 5 heteroatoms. The summed E-state index contributed by atoms with van der Waals surface area (Å²) in [4.78, 5) is 10.9. The third kappa shape index (κ3) is 3.20. The van der Waals surface area contributed by atoms with Crippen molar-refractivity contribution in [1.29, 1.82) is 0 Å². The number of aromatic carboxylic acids is 1. The zero-order valence-corrected chi connectivity index (χ0v) is 11.1. The van der Waals surface area contributed by atoms with Crippen LogP contribution in [0.2, 0.25) is 0 Å². The number of rotatable bonds is 5. The van der Waals surface area contributed by atoms with E-state index < -0.39 is 5.97 Å². The Bertz CT molecular complexity index is 609. The topological polar surface area (TPSA) is 84.6 Å². The summed E-state index contributed by atoms with van der Waals surface area (Å²) in [6.45, 7) is 0.621. The largest absolute Gasteiger partial charge is 0.497 e. The van der Waals surface area contributed by atoms with Crippen molar-refractivity contribution in [3.05, 3.63) is 53.6 Å². The molecule has 5 nitrogen and oxygen atoms in total. The first-order chi connectivity index (χ1) is 9.60. The third-order valence-electron chi connectivity index (χ3n) is 2.94. The molecule has 0 fully saturated rings. The number of carbonyl (C=O) groups is 1. The molecule has 2 aromatic rings. The molecule has 0 aliphatic carbocycles. The lowest BCUT2D eigenvalue weighted by Crippen LogP contribution is -2.04. The Hall–Kier alpha value is -2.69. The van der Waals surface area contributed by atoms with E-state index in [1.54, 1.807) is 19.2 Å². The Balaban J connectivity index is 2.03. The first-order valence-corrected chi connectivity index (χ1v) is 6.10. The van der Waals surface area contributed by atoms with Crippen LogP contribution in [0.25, 0.3) is 0 Å². The first-order valence-electron chi connectivity index (χ1n) is 6.10. The summed E-state index contributed by atoms with van der Waals surface area (Å²) in [5, 5.41) is 12.1. The summed E-state index contributed by atoms with van der Waals surface area (Å²) >= 11 is 0. The van der Waals surface area contributed by atoms with Gasteiger partial charge < -0.3 is 20.9 Å². The van der Waals surface area contributed by atoms with Crippen molar-refractivity contribution in [2.45, 2.75) is 6.54 Å². The van der Waals surface area contributed by atoms with Gasteiger partial charge in [-0.25, -0.2) is 4.79 Å². The van der Waals surface area contributed by atoms with E-state index in [4.69, 9.17) is 15.6 Å². The number of carboxylic acid groups (broad SMARTS) is 1. The van der Waals surface area contributed by atoms with E-state index in [0.29, 0.717) is 6.54 Å². The highest BCUT2D eigenvalue weighted by Crippen LogP contribution is 2.19. The maximum absolute atomic E-state index is 10.9. The molecule has 0 saturated heterocycles. The number of hydrogen-bond donors (Lipinski definition) is 3. The van der Waals surface area contributed by atoms with Gasteiger partial charge >= 0.3 is 5.97 Å². The summed E-state index contributed by atoms with van der Waals surface area (Å²) in [6, 6.07) is 12.5. The highest BCUT2D eigenvalue weighted by Gasteiger charge is 2.07. The standard InChI is InChI=1S/C15H16N2O3/c1-20-12-5-2-10(3-6-12)9-17-11-4-7-13(15(18)19)14(16)8-11/h2-8,17H,9,16H2,1H3,(H,18,19). The van der Waals surface area contributed by atoms with Gasteiger partial charge in [0.05, 0.1) is 12.7 Å². The SMILES string of the molecule is COc1ccc(CNc2ccc(C(=O)O)c(N)c2)cc1. The maximum Gasteiger partial charge on any atom is 0.337 e. The first kappa shape index (κ1) is 13.7. The smallest absolute Gasteiger partial charge is 0.337 e. The van der Waals surface area contributed by atoms with E-state index in [0.717, 1.165) is 17.0 Å². The van der Waals surface area contributed by atoms with Crippen LogP contribution in [-0.4, -0.2) is 18.2 Å². The van der Waals surface area contributed by atoms with Gasteiger partial charge in [0, 0.05) is 17.9 Å². The van der Waals surface area contributed by atoms with Crippen molar-refractivity contribution >= 4 is 17.3 Å². The van der Waals surface area contributed by atoms with Gasteiger partial charge in [0.25, 0.3) is 0 Å². The molecule has 0 unspecified atom stereocenters. The second kappa shape index (κ2) is 5.97. The lowest BCUT2D eigenvalue weighted by Gasteiger charge is -2.09. The van der Waals surface area contributed by atoms with Gasteiger partial charge in [-0.15, -0.1) is 0 Å². The number of methoxy groups -OCH3 is 1. The number of nitrogens with two attached hydrogens (primary N) is 1. The molecule has 0 saturated carbocycles. The summed E-state index contributed by atoms with van der Waals surface area (Å²) in [7, 11) is 1.63. The molecule has 20 heavy (non-hydrogen) atoms. The molecule has 0 spiro atoms. The Morgan fingerprint density at radius 3 is 2.50 bits per heavy atom. The molecular weight excluding hydrogens is 256 g/mol. The van der Waals surface area contributed by atoms with Crippen molar-refractivity contribution in [3.8, 4) is 5.75 Å². The number of ether oxygens (including phenoxy) is 1. The van der Waals surface area contributed by atoms with E-state index in [1.165, 1.54) is 6.07 Å². The monoisotopic (exact) mass is 272 g/mol.